The Morgan fingerprint density at radius 2 is 2.06 bits per heavy atom. The van der Waals surface area contributed by atoms with Gasteiger partial charge in [0.05, 0.1) is 5.25 Å². The van der Waals surface area contributed by atoms with Gasteiger partial charge in [-0.05, 0) is 24.6 Å². The van der Waals surface area contributed by atoms with E-state index in [0.717, 1.165) is 5.56 Å². The molecule has 0 saturated heterocycles. The summed E-state index contributed by atoms with van der Waals surface area (Å²) in [6.45, 7) is 1.75. The van der Waals surface area contributed by atoms with Crippen molar-refractivity contribution in [1.82, 2.24) is 0 Å². The van der Waals surface area contributed by atoms with Crippen LogP contribution in [0.15, 0.2) is 24.3 Å². The van der Waals surface area contributed by atoms with Gasteiger partial charge in [-0.1, -0.05) is 12.1 Å². The van der Waals surface area contributed by atoms with Crippen molar-refractivity contribution in [2.45, 2.75) is 17.9 Å². The highest BCUT2D eigenvalue weighted by atomic mass is 32.2. The zero-order chi connectivity index (χ0) is 12.1. The number of rotatable bonds is 5. The van der Waals surface area contributed by atoms with E-state index in [1.807, 2.05) is 6.07 Å². The summed E-state index contributed by atoms with van der Waals surface area (Å²) < 4.78 is 0. The van der Waals surface area contributed by atoms with E-state index in [9.17, 15) is 9.59 Å². The van der Waals surface area contributed by atoms with Gasteiger partial charge in [-0.2, -0.15) is 0 Å². The van der Waals surface area contributed by atoms with Crippen LogP contribution in [0.2, 0.25) is 0 Å². The SMILES string of the molecule is C[C@@H](SCc1cccc(C(N)=O)c1)C(N)=O. The number of thioether (sulfide) groups is 1. The van der Waals surface area contributed by atoms with Gasteiger partial charge in [0.15, 0.2) is 0 Å². The largest absolute Gasteiger partial charge is 0.369 e. The molecule has 0 saturated carbocycles. The minimum atomic E-state index is -0.449. The number of carbonyl (C=O) groups excluding carboxylic acids is 2. The van der Waals surface area contributed by atoms with Crippen molar-refractivity contribution in [1.29, 1.82) is 0 Å². The lowest BCUT2D eigenvalue weighted by Gasteiger charge is -2.07. The van der Waals surface area contributed by atoms with Gasteiger partial charge < -0.3 is 11.5 Å². The number of hydrogen-bond donors (Lipinski definition) is 2. The fraction of sp³-hybridized carbons (Fsp3) is 0.273. The van der Waals surface area contributed by atoms with Gasteiger partial charge in [0, 0.05) is 11.3 Å². The van der Waals surface area contributed by atoms with E-state index in [-0.39, 0.29) is 11.2 Å². The molecule has 16 heavy (non-hydrogen) atoms. The molecule has 0 bridgehead atoms. The summed E-state index contributed by atoms with van der Waals surface area (Å²) >= 11 is 1.43. The lowest BCUT2D eigenvalue weighted by atomic mass is 10.1. The Labute approximate surface area is 98.4 Å². The summed E-state index contributed by atoms with van der Waals surface area (Å²) in [5.74, 6) is -0.156. The van der Waals surface area contributed by atoms with Crippen molar-refractivity contribution < 1.29 is 9.59 Å². The number of amides is 2. The van der Waals surface area contributed by atoms with Crippen LogP contribution in [0.5, 0.6) is 0 Å². The molecule has 0 fully saturated rings. The summed E-state index contributed by atoms with van der Waals surface area (Å²) in [5, 5.41) is -0.239. The third kappa shape index (κ3) is 3.58. The van der Waals surface area contributed by atoms with Crippen molar-refractivity contribution in [2.24, 2.45) is 11.5 Å². The smallest absolute Gasteiger partial charge is 0.248 e. The van der Waals surface area contributed by atoms with Crippen molar-refractivity contribution in [3.05, 3.63) is 35.4 Å². The first-order valence-electron chi connectivity index (χ1n) is 4.80. The minimum absolute atomic E-state index is 0.239. The Hall–Kier alpha value is -1.49. The monoisotopic (exact) mass is 238 g/mol. The maximum atomic E-state index is 10.9. The van der Waals surface area contributed by atoms with Gasteiger partial charge in [0.25, 0.3) is 0 Å². The lowest BCUT2D eigenvalue weighted by molar-refractivity contribution is -0.117. The van der Waals surface area contributed by atoms with Gasteiger partial charge in [0.2, 0.25) is 11.8 Å². The van der Waals surface area contributed by atoms with Crippen LogP contribution in [-0.2, 0) is 10.5 Å². The van der Waals surface area contributed by atoms with Gasteiger partial charge in [0.1, 0.15) is 0 Å². The molecule has 1 aromatic carbocycles. The molecule has 0 unspecified atom stereocenters. The topological polar surface area (TPSA) is 86.2 Å². The number of hydrogen-bond acceptors (Lipinski definition) is 3. The van der Waals surface area contributed by atoms with Crippen molar-refractivity contribution in [3.63, 3.8) is 0 Å². The average molecular weight is 238 g/mol. The third-order valence-corrected chi connectivity index (χ3v) is 3.34. The number of benzene rings is 1. The number of carbonyl (C=O) groups is 2. The van der Waals surface area contributed by atoms with Crippen LogP contribution in [0.25, 0.3) is 0 Å². The van der Waals surface area contributed by atoms with E-state index in [4.69, 9.17) is 11.5 Å². The molecular weight excluding hydrogens is 224 g/mol. The molecule has 0 spiro atoms. The van der Waals surface area contributed by atoms with E-state index < -0.39 is 5.91 Å². The highest BCUT2D eigenvalue weighted by molar-refractivity contribution is 7.99. The molecule has 0 aliphatic carbocycles. The second-order valence-electron chi connectivity index (χ2n) is 3.42. The van der Waals surface area contributed by atoms with Crippen LogP contribution in [0.4, 0.5) is 0 Å². The predicted molar refractivity (Wildman–Crippen MR) is 64.9 cm³/mol. The molecule has 86 valence electrons. The third-order valence-electron chi connectivity index (χ3n) is 2.11. The summed E-state index contributed by atoms with van der Waals surface area (Å²) in [5.41, 5.74) is 11.7. The zero-order valence-electron chi connectivity index (χ0n) is 8.97. The Morgan fingerprint density at radius 3 is 2.62 bits per heavy atom. The van der Waals surface area contributed by atoms with Gasteiger partial charge >= 0.3 is 0 Å². The molecule has 0 aromatic heterocycles. The van der Waals surface area contributed by atoms with Crippen LogP contribution in [-0.4, -0.2) is 17.1 Å². The molecule has 1 rings (SSSR count). The molecule has 0 aliphatic rings. The molecule has 2 amide bonds. The fourth-order valence-electron chi connectivity index (χ4n) is 1.12. The molecule has 4 nitrogen and oxygen atoms in total. The van der Waals surface area contributed by atoms with Crippen LogP contribution >= 0.6 is 11.8 Å². The maximum absolute atomic E-state index is 10.9. The quantitative estimate of drug-likeness (QED) is 0.798. The summed E-state index contributed by atoms with van der Waals surface area (Å²) in [6, 6.07) is 7.04. The summed E-state index contributed by atoms with van der Waals surface area (Å²) in [4.78, 5) is 21.8. The molecule has 0 heterocycles. The molecule has 5 heteroatoms. The first kappa shape index (κ1) is 12.6. The Morgan fingerprint density at radius 1 is 1.38 bits per heavy atom. The highest BCUT2D eigenvalue weighted by Gasteiger charge is 2.09. The standard InChI is InChI=1S/C11H14N2O2S/c1-7(10(12)14)16-6-8-3-2-4-9(5-8)11(13)15/h2-5,7H,6H2,1H3,(H2,12,14)(H2,13,15)/t7-/m1/s1. The van der Waals surface area contributed by atoms with Crippen LogP contribution in [0.1, 0.15) is 22.8 Å². The molecular formula is C11H14N2O2S. The minimum Gasteiger partial charge on any atom is -0.369 e. The first-order chi connectivity index (χ1) is 7.50. The Bertz CT molecular complexity index is 407. The van der Waals surface area contributed by atoms with Gasteiger partial charge in [-0.25, -0.2) is 0 Å². The van der Waals surface area contributed by atoms with Crippen molar-refractivity contribution >= 4 is 23.6 Å². The Kier molecular flexibility index (Phi) is 4.37. The highest BCUT2D eigenvalue weighted by Crippen LogP contribution is 2.18. The molecule has 0 aliphatic heterocycles. The second-order valence-corrected chi connectivity index (χ2v) is 4.75. The van der Waals surface area contributed by atoms with Crippen LogP contribution in [0, 0.1) is 0 Å². The van der Waals surface area contributed by atoms with E-state index in [1.165, 1.54) is 11.8 Å². The zero-order valence-corrected chi connectivity index (χ0v) is 9.79. The first-order valence-corrected chi connectivity index (χ1v) is 5.85. The summed E-state index contributed by atoms with van der Waals surface area (Å²) in [7, 11) is 0. The van der Waals surface area contributed by atoms with E-state index >= 15 is 0 Å². The maximum Gasteiger partial charge on any atom is 0.248 e. The Balaban J connectivity index is 2.64. The summed E-state index contributed by atoms with van der Waals surface area (Å²) in [6.07, 6.45) is 0. The number of primary amides is 2. The second kappa shape index (κ2) is 5.55. The van der Waals surface area contributed by atoms with E-state index in [0.29, 0.717) is 11.3 Å². The molecule has 0 radical (unpaired) electrons. The molecule has 1 aromatic rings. The average Bonchev–Trinajstić information content (AvgIpc) is 2.26. The van der Waals surface area contributed by atoms with Crippen LogP contribution in [0.3, 0.4) is 0 Å². The van der Waals surface area contributed by atoms with Crippen LogP contribution < -0.4 is 11.5 Å². The van der Waals surface area contributed by atoms with Gasteiger partial charge in [-0.3, -0.25) is 9.59 Å². The van der Waals surface area contributed by atoms with E-state index in [1.54, 1.807) is 25.1 Å². The molecule has 1 atom stereocenters. The van der Waals surface area contributed by atoms with E-state index in [2.05, 4.69) is 0 Å². The number of nitrogens with two attached hydrogens (primary N) is 2. The molecule has 4 N–H and O–H groups in total. The fourth-order valence-corrected chi connectivity index (χ4v) is 1.90. The van der Waals surface area contributed by atoms with Gasteiger partial charge in [-0.15, -0.1) is 11.8 Å². The normalized spacial score (nSPS) is 12.1. The van der Waals surface area contributed by atoms with Crippen molar-refractivity contribution in [3.8, 4) is 0 Å². The van der Waals surface area contributed by atoms with Crippen molar-refractivity contribution in [2.75, 3.05) is 0 Å². The lowest BCUT2D eigenvalue weighted by Crippen LogP contribution is -2.22. The predicted octanol–water partition coefficient (Wildman–Crippen LogP) is 0.892.